The van der Waals surface area contributed by atoms with Crippen molar-refractivity contribution in [3.63, 3.8) is 0 Å². The molecule has 3 heteroatoms. The second-order valence-corrected chi connectivity index (χ2v) is 2.39. The number of hydrogen-bond donors (Lipinski definition) is 2. The van der Waals surface area contributed by atoms with E-state index in [2.05, 4.69) is 10.4 Å². The third kappa shape index (κ3) is 2.36. The van der Waals surface area contributed by atoms with Gasteiger partial charge in [-0.05, 0) is 12.1 Å². The smallest absolute Gasteiger partial charge is 0.116 e. The van der Waals surface area contributed by atoms with Crippen LogP contribution >= 0.6 is 0 Å². The minimum absolute atomic E-state index is 0.793. The van der Waals surface area contributed by atoms with Gasteiger partial charge in [0.25, 0.3) is 0 Å². The molecule has 64 valence electrons. The Morgan fingerprint density at radius 3 is 2.58 bits per heavy atom. The van der Waals surface area contributed by atoms with Gasteiger partial charge in [0, 0.05) is 6.42 Å². The highest BCUT2D eigenvalue weighted by Crippen LogP contribution is 2.09. The molecule has 0 saturated heterocycles. The zero-order valence-corrected chi connectivity index (χ0v) is 7.12. The molecule has 0 radical (unpaired) electrons. The summed E-state index contributed by atoms with van der Waals surface area (Å²) in [4.78, 5) is 4.28. The lowest BCUT2D eigenvalue weighted by atomic mass is 10.3. The highest BCUT2D eigenvalue weighted by molar-refractivity contribution is 5.83. The number of hydrogen-bond acceptors (Lipinski definition) is 2. The maximum Gasteiger partial charge on any atom is 0.116 e. The number of amidine groups is 1. The lowest BCUT2D eigenvalue weighted by Gasteiger charge is -2.00. The van der Waals surface area contributed by atoms with Crippen molar-refractivity contribution in [2.45, 2.75) is 13.3 Å². The van der Waals surface area contributed by atoms with E-state index in [1.807, 2.05) is 37.3 Å². The van der Waals surface area contributed by atoms with Crippen LogP contribution in [0.1, 0.15) is 13.3 Å². The van der Waals surface area contributed by atoms with Gasteiger partial charge in [-0.3, -0.25) is 0 Å². The first-order valence-electron chi connectivity index (χ1n) is 3.96. The van der Waals surface area contributed by atoms with Crippen molar-refractivity contribution >= 4 is 11.5 Å². The van der Waals surface area contributed by atoms with Crippen molar-refractivity contribution in [3.8, 4) is 0 Å². The molecule has 0 fully saturated rings. The van der Waals surface area contributed by atoms with E-state index in [0.29, 0.717) is 0 Å². The zero-order valence-electron chi connectivity index (χ0n) is 7.12. The molecule has 0 aliphatic rings. The van der Waals surface area contributed by atoms with E-state index < -0.39 is 0 Å². The minimum Gasteiger partial charge on any atom is -0.312 e. The van der Waals surface area contributed by atoms with Crippen LogP contribution in [-0.2, 0) is 0 Å². The minimum atomic E-state index is 0.793. The number of benzene rings is 1. The molecule has 1 aromatic carbocycles. The van der Waals surface area contributed by atoms with E-state index >= 15 is 0 Å². The molecular weight excluding hydrogens is 150 g/mol. The molecule has 0 aromatic heterocycles. The monoisotopic (exact) mass is 163 g/mol. The van der Waals surface area contributed by atoms with E-state index in [9.17, 15) is 0 Å². The standard InChI is InChI=1S/C9H13N3/c1-2-9(12-10)11-8-6-4-3-5-7-8/h3-7H,2,10H2,1H3,(H,11,12). The van der Waals surface area contributed by atoms with Crippen molar-refractivity contribution in [2.24, 2.45) is 10.8 Å². The Morgan fingerprint density at radius 1 is 1.42 bits per heavy atom. The molecule has 0 aliphatic heterocycles. The fraction of sp³-hybridized carbons (Fsp3) is 0.222. The second-order valence-electron chi connectivity index (χ2n) is 2.39. The van der Waals surface area contributed by atoms with Gasteiger partial charge < -0.3 is 5.43 Å². The van der Waals surface area contributed by atoms with Crippen molar-refractivity contribution in [1.29, 1.82) is 0 Å². The number of nitrogens with zero attached hydrogens (tertiary/aromatic N) is 1. The van der Waals surface area contributed by atoms with Crippen LogP contribution < -0.4 is 11.3 Å². The molecule has 1 aromatic rings. The van der Waals surface area contributed by atoms with Crippen LogP contribution in [0.25, 0.3) is 0 Å². The highest BCUT2D eigenvalue weighted by atomic mass is 15.2. The Morgan fingerprint density at radius 2 is 2.08 bits per heavy atom. The average Bonchev–Trinajstić information content (AvgIpc) is 2.16. The first-order valence-corrected chi connectivity index (χ1v) is 3.96. The van der Waals surface area contributed by atoms with Crippen LogP contribution in [0.4, 0.5) is 5.69 Å². The summed E-state index contributed by atoms with van der Waals surface area (Å²) in [5, 5.41) is 0. The number of hydrazine groups is 1. The third-order valence-electron chi connectivity index (χ3n) is 1.52. The first kappa shape index (κ1) is 8.74. The molecule has 0 atom stereocenters. The van der Waals surface area contributed by atoms with Gasteiger partial charge in [0.1, 0.15) is 5.84 Å². The van der Waals surface area contributed by atoms with E-state index in [0.717, 1.165) is 17.9 Å². The van der Waals surface area contributed by atoms with Gasteiger partial charge in [-0.25, -0.2) is 10.8 Å². The molecule has 0 amide bonds. The van der Waals surface area contributed by atoms with Gasteiger partial charge in [0.05, 0.1) is 5.69 Å². The summed E-state index contributed by atoms with van der Waals surface area (Å²) in [6.45, 7) is 2.00. The van der Waals surface area contributed by atoms with Gasteiger partial charge in [-0.2, -0.15) is 0 Å². The SMILES string of the molecule is CCC(=Nc1ccccc1)NN. The maximum atomic E-state index is 5.25. The van der Waals surface area contributed by atoms with Crippen molar-refractivity contribution in [3.05, 3.63) is 30.3 Å². The van der Waals surface area contributed by atoms with E-state index in [1.165, 1.54) is 0 Å². The van der Waals surface area contributed by atoms with Gasteiger partial charge in [-0.1, -0.05) is 25.1 Å². The molecule has 1 rings (SSSR count). The lowest BCUT2D eigenvalue weighted by Crippen LogP contribution is -2.29. The van der Waals surface area contributed by atoms with E-state index in [1.54, 1.807) is 0 Å². The predicted octanol–water partition coefficient (Wildman–Crippen LogP) is 1.59. The molecular formula is C9H13N3. The number of nitrogens with one attached hydrogen (secondary N) is 1. The molecule has 0 aliphatic carbocycles. The number of para-hydroxylation sites is 1. The second kappa shape index (κ2) is 4.51. The Labute approximate surface area is 72.3 Å². The van der Waals surface area contributed by atoms with Crippen LogP contribution in [0.2, 0.25) is 0 Å². The molecule has 12 heavy (non-hydrogen) atoms. The van der Waals surface area contributed by atoms with Crippen LogP contribution in [0.3, 0.4) is 0 Å². The van der Waals surface area contributed by atoms with Gasteiger partial charge in [-0.15, -0.1) is 0 Å². The van der Waals surface area contributed by atoms with Crippen LogP contribution in [0.15, 0.2) is 35.3 Å². The van der Waals surface area contributed by atoms with Crippen LogP contribution in [-0.4, -0.2) is 5.84 Å². The van der Waals surface area contributed by atoms with Crippen molar-refractivity contribution in [1.82, 2.24) is 5.43 Å². The van der Waals surface area contributed by atoms with Gasteiger partial charge >= 0.3 is 0 Å². The van der Waals surface area contributed by atoms with Crippen LogP contribution in [0, 0.1) is 0 Å². The Kier molecular flexibility index (Phi) is 3.29. The molecule has 0 heterocycles. The molecule has 0 unspecified atom stereocenters. The Balaban J connectivity index is 2.79. The quantitative estimate of drug-likeness (QED) is 0.301. The van der Waals surface area contributed by atoms with Gasteiger partial charge in [0.2, 0.25) is 0 Å². The van der Waals surface area contributed by atoms with E-state index in [4.69, 9.17) is 5.84 Å². The summed E-state index contributed by atoms with van der Waals surface area (Å²) in [6, 6.07) is 9.73. The number of nitrogens with two attached hydrogens (primary N) is 1. The normalized spacial score (nSPS) is 11.3. The molecule has 3 nitrogen and oxygen atoms in total. The molecule has 3 N–H and O–H groups in total. The first-order chi connectivity index (χ1) is 5.86. The number of aliphatic imine (C=N–C) groups is 1. The Bertz CT molecular complexity index is 248. The Hall–Kier alpha value is -1.35. The highest BCUT2D eigenvalue weighted by Gasteiger charge is 1.91. The largest absolute Gasteiger partial charge is 0.312 e. The third-order valence-corrected chi connectivity index (χ3v) is 1.52. The summed E-state index contributed by atoms with van der Waals surface area (Å²) < 4.78 is 0. The van der Waals surface area contributed by atoms with Crippen molar-refractivity contribution in [2.75, 3.05) is 0 Å². The summed E-state index contributed by atoms with van der Waals surface area (Å²) in [5.74, 6) is 6.04. The fourth-order valence-corrected chi connectivity index (χ4v) is 0.872. The van der Waals surface area contributed by atoms with Gasteiger partial charge in [0.15, 0.2) is 0 Å². The van der Waals surface area contributed by atoms with Crippen LogP contribution in [0.5, 0.6) is 0 Å². The van der Waals surface area contributed by atoms with E-state index in [-0.39, 0.29) is 0 Å². The molecule has 0 saturated carbocycles. The topological polar surface area (TPSA) is 50.4 Å². The molecule has 0 spiro atoms. The fourth-order valence-electron chi connectivity index (χ4n) is 0.872. The lowest BCUT2D eigenvalue weighted by molar-refractivity contribution is 0.978. The summed E-state index contributed by atoms with van der Waals surface area (Å²) >= 11 is 0. The summed E-state index contributed by atoms with van der Waals surface area (Å²) in [5.41, 5.74) is 3.47. The summed E-state index contributed by atoms with van der Waals surface area (Å²) in [6.07, 6.45) is 0.811. The zero-order chi connectivity index (χ0) is 8.81. The van der Waals surface area contributed by atoms with Crippen molar-refractivity contribution < 1.29 is 0 Å². The molecule has 0 bridgehead atoms. The number of rotatable bonds is 2. The predicted molar refractivity (Wildman–Crippen MR) is 51.2 cm³/mol. The summed E-state index contributed by atoms with van der Waals surface area (Å²) in [7, 11) is 0. The maximum absolute atomic E-state index is 5.25. The average molecular weight is 163 g/mol.